The van der Waals surface area contributed by atoms with Crippen LogP contribution in [0.4, 0.5) is 0 Å². The van der Waals surface area contributed by atoms with Crippen LogP contribution in [0.25, 0.3) is 10.9 Å². The first kappa shape index (κ1) is 16.1. The van der Waals surface area contributed by atoms with E-state index < -0.39 is 0 Å². The van der Waals surface area contributed by atoms with E-state index in [0.29, 0.717) is 6.54 Å². The van der Waals surface area contributed by atoms with Gasteiger partial charge in [0.05, 0.1) is 11.4 Å². The van der Waals surface area contributed by atoms with Crippen LogP contribution in [0.15, 0.2) is 12.1 Å². The van der Waals surface area contributed by atoms with Gasteiger partial charge >= 0.3 is 0 Å². The van der Waals surface area contributed by atoms with Crippen LogP contribution in [0, 0.1) is 19.8 Å². The minimum Gasteiger partial charge on any atom is -0.358 e. The lowest BCUT2D eigenvalue weighted by atomic mass is 10.0. The Morgan fingerprint density at radius 3 is 2.83 bits per heavy atom. The summed E-state index contributed by atoms with van der Waals surface area (Å²) in [6.45, 7) is 8.95. The number of fused-ring (bicyclic) bond motifs is 1. The molecule has 3 rings (SSSR count). The summed E-state index contributed by atoms with van der Waals surface area (Å²) in [5, 5.41) is 4.43. The third-order valence-electron chi connectivity index (χ3n) is 5.07. The number of hydrogen-bond donors (Lipinski definition) is 2. The zero-order chi connectivity index (χ0) is 16.6. The summed E-state index contributed by atoms with van der Waals surface area (Å²) >= 11 is 0. The summed E-state index contributed by atoms with van der Waals surface area (Å²) in [6, 6.07) is 4.41. The summed E-state index contributed by atoms with van der Waals surface area (Å²) in [7, 11) is 2.07. The molecule has 0 saturated carbocycles. The molecule has 1 saturated heterocycles. The molecule has 0 spiro atoms. The van der Waals surface area contributed by atoms with Crippen LogP contribution in [0.1, 0.15) is 35.7 Å². The lowest BCUT2D eigenvalue weighted by Crippen LogP contribution is -2.31. The predicted molar refractivity (Wildman–Crippen MR) is 94.6 cm³/mol. The van der Waals surface area contributed by atoms with Crippen LogP contribution in [-0.2, 0) is 17.8 Å². The highest BCUT2D eigenvalue weighted by molar-refractivity contribution is 5.88. The maximum atomic E-state index is 12.4. The Balaban J connectivity index is 1.81. The first-order chi connectivity index (χ1) is 11.0. The van der Waals surface area contributed by atoms with Crippen molar-refractivity contribution >= 4 is 16.8 Å². The van der Waals surface area contributed by atoms with Crippen molar-refractivity contribution in [3.8, 4) is 0 Å². The van der Waals surface area contributed by atoms with Crippen molar-refractivity contribution in [1.29, 1.82) is 0 Å². The molecule has 0 unspecified atom stereocenters. The molecule has 1 aliphatic rings. The number of rotatable bonds is 4. The fourth-order valence-electron chi connectivity index (χ4n) is 3.68. The average molecular weight is 313 g/mol. The molecule has 1 amide bonds. The van der Waals surface area contributed by atoms with Crippen molar-refractivity contribution < 1.29 is 4.79 Å². The van der Waals surface area contributed by atoms with Gasteiger partial charge in [-0.25, -0.2) is 0 Å². The quantitative estimate of drug-likeness (QED) is 0.912. The van der Waals surface area contributed by atoms with E-state index in [1.807, 2.05) is 0 Å². The molecule has 4 heteroatoms. The number of aromatic nitrogens is 1. The zero-order valence-corrected chi connectivity index (χ0v) is 14.6. The molecule has 1 aliphatic heterocycles. The molecule has 1 aromatic carbocycles. The molecule has 2 aromatic rings. The Morgan fingerprint density at radius 1 is 1.39 bits per heavy atom. The molecule has 1 fully saturated rings. The predicted octanol–water partition coefficient (Wildman–Crippen LogP) is 2.92. The van der Waals surface area contributed by atoms with Gasteiger partial charge in [-0.05, 0) is 57.5 Å². The Bertz CT molecular complexity index is 732. The molecule has 0 bridgehead atoms. The van der Waals surface area contributed by atoms with Crippen molar-refractivity contribution in [2.45, 2.75) is 40.2 Å². The molecule has 0 aliphatic carbocycles. The summed E-state index contributed by atoms with van der Waals surface area (Å²) in [4.78, 5) is 18.1. The minimum atomic E-state index is 0.136. The number of carbonyl (C=O) groups is 1. The van der Waals surface area contributed by atoms with Crippen molar-refractivity contribution in [2.24, 2.45) is 5.92 Å². The number of H-pyrrole nitrogens is 1. The van der Waals surface area contributed by atoms with Gasteiger partial charge in [0.25, 0.3) is 0 Å². The Labute approximate surface area is 138 Å². The van der Waals surface area contributed by atoms with Gasteiger partial charge in [-0.1, -0.05) is 18.6 Å². The van der Waals surface area contributed by atoms with Gasteiger partial charge in [0.2, 0.25) is 5.91 Å². The Kier molecular flexibility index (Phi) is 4.44. The van der Waals surface area contributed by atoms with Crippen LogP contribution in [0.3, 0.4) is 0 Å². The fraction of sp³-hybridized carbons (Fsp3) is 0.526. The van der Waals surface area contributed by atoms with Gasteiger partial charge in [0.15, 0.2) is 0 Å². The highest BCUT2D eigenvalue weighted by atomic mass is 16.1. The maximum absolute atomic E-state index is 12.4. The minimum absolute atomic E-state index is 0.136. The van der Waals surface area contributed by atoms with E-state index in [-0.39, 0.29) is 11.8 Å². The van der Waals surface area contributed by atoms with E-state index in [1.54, 1.807) is 0 Å². The molecular formula is C19H27N3O. The Hall–Kier alpha value is -1.81. The number of benzene rings is 1. The van der Waals surface area contributed by atoms with Gasteiger partial charge in [-0.3, -0.25) is 4.79 Å². The molecule has 0 radical (unpaired) electrons. The maximum Gasteiger partial charge on any atom is 0.224 e. The number of aromatic amines is 1. The van der Waals surface area contributed by atoms with E-state index in [9.17, 15) is 4.79 Å². The highest BCUT2D eigenvalue weighted by Gasteiger charge is 2.25. The monoisotopic (exact) mass is 313 g/mol. The fourth-order valence-corrected chi connectivity index (χ4v) is 3.68. The van der Waals surface area contributed by atoms with Gasteiger partial charge < -0.3 is 15.2 Å². The molecule has 4 nitrogen and oxygen atoms in total. The van der Waals surface area contributed by atoms with E-state index >= 15 is 0 Å². The first-order valence-corrected chi connectivity index (χ1v) is 8.56. The number of amides is 1. The molecular weight excluding hydrogens is 286 g/mol. The summed E-state index contributed by atoms with van der Waals surface area (Å²) in [6.07, 6.45) is 1.97. The van der Waals surface area contributed by atoms with E-state index in [2.05, 4.69) is 55.2 Å². The SMILES string of the molecule is CCc1[nH]c2c(CNC(=O)[C@@H]3CCN(C)C3)cc(C)cc2c1C. The van der Waals surface area contributed by atoms with Crippen molar-refractivity contribution in [1.82, 2.24) is 15.2 Å². The van der Waals surface area contributed by atoms with Crippen molar-refractivity contribution in [3.63, 3.8) is 0 Å². The standard InChI is InChI=1S/C19H27N3O/c1-5-17-13(3)16-9-12(2)8-15(18(16)21-17)10-20-19(23)14-6-7-22(4)11-14/h8-9,14,21H,5-7,10-11H2,1-4H3,(H,20,23)/t14-/m1/s1. The van der Waals surface area contributed by atoms with E-state index in [1.165, 1.54) is 33.3 Å². The van der Waals surface area contributed by atoms with Gasteiger partial charge in [-0.15, -0.1) is 0 Å². The number of carbonyl (C=O) groups excluding carboxylic acids is 1. The third kappa shape index (κ3) is 3.13. The Morgan fingerprint density at radius 2 is 2.17 bits per heavy atom. The molecule has 23 heavy (non-hydrogen) atoms. The third-order valence-corrected chi connectivity index (χ3v) is 5.07. The van der Waals surface area contributed by atoms with Crippen LogP contribution in [-0.4, -0.2) is 35.9 Å². The van der Waals surface area contributed by atoms with Crippen LogP contribution >= 0.6 is 0 Å². The van der Waals surface area contributed by atoms with Gasteiger partial charge in [0, 0.05) is 24.2 Å². The largest absolute Gasteiger partial charge is 0.358 e. The lowest BCUT2D eigenvalue weighted by molar-refractivity contribution is -0.124. The van der Waals surface area contributed by atoms with E-state index in [4.69, 9.17) is 0 Å². The second-order valence-electron chi connectivity index (χ2n) is 6.89. The normalized spacial score (nSPS) is 18.7. The van der Waals surface area contributed by atoms with Crippen molar-refractivity contribution in [2.75, 3.05) is 20.1 Å². The summed E-state index contributed by atoms with van der Waals surface area (Å²) in [5.74, 6) is 0.319. The molecule has 1 atom stereocenters. The average Bonchev–Trinajstić information content (AvgIpc) is 3.09. The second-order valence-corrected chi connectivity index (χ2v) is 6.89. The van der Waals surface area contributed by atoms with Gasteiger partial charge in [0.1, 0.15) is 0 Å². The molecule has 2 heterocycles. The second kappa shape index (κ2) is 6.36. The van der Waals surface area contributed by atoms with Crippen LogP contribution in [0.2, 0.25) is 0 Å². The number of likely N-dealkylation sites (tertiary alicyclic amines) is 1. The highest BCUT2D eigenvalue weighted by Crippen LogP contribution is 2.27. The molecule has 124 valence electrons. The number of aryl methyl sites for hydroxylation is 3. The van der Waals surface area contributed by atoms with Gasteiger partial charge in [-0.2, -0.15) is 0 Å². The molecule has 2 N–H and O–H groups in total. The zero-order valence-electron chi connectivity index (χ0n) is 14.6. The number of hydrogen-bond acceptors (Lipinski definition) is 2. The summed E-state index contributed by atoms with van der Waals surface area (Å²) in [5.41, 5.74) is 6.22. The summed E-state index contributed by atoms with van der Waals surface area (Å²) < 4.78 is 0. The van der Waals surface area contributed by atoms with Crippen LogP contribution < -0.4 is 5.32 Å². The first-order valence-electron chi connectivity index (χ1n) is 8.56. The number of nitrogens with zero attached hydrogens (tertiary/aromatic N) is 1. The van der Waals surface area contributed by atoms with Crippen LogP contribution in [0.5, 0.6) is 0 Å². The smallest absolute Gasteiger partial charge is 0.224 e. The lowest BCUT2D eigenvalue weighted by Gasteiger charge is -2.12. The topological polar surface area (TPSA) is 48.1 Å². The van der Waals surface area contributed by atoms with E-state index in [0.717, 1.165) is 25.9 Å². The molecule has 1 aromatic heterocycles. The van der Waals surface area contributed by atoms with Crippen molar-refractivity contribution in [3.05, 3.63) is 34.5 Å². The number of nitrogens with one attached hydrogen (secondary N) is 2.